The second-order valence-electron chi connectivity index (χ2n) is 6.54. The molecule has 5 heteroatoms. The molecule has 0 heterocycles. The first-order valence-corrected chi connectivity index (χ1v) is 10.4. The molecule has 3 aromatic carbocycles. The van der Waals surface area contributed by atoms with Gasteiger partial charge in [-0.1, -0.05) is 49.7 Å². The minimum atomic E-state index is -0.0432. The molecule has 3 aromatic rings. The molecule has 0 radical (unpaired) electrons. The first-order valence-electron chi connectivity index (χ1n) is 9.46. The highest BCUT2D eigenvalue weighted by Gasteiger charge is 2.07. The maximum atomic E-state index is 12.4. The minimum Gasteiger partial charge on any atom is -0.326 e. The van der Waals surface area contributed by atoms with Crippen molar-refractivity contribution >= 4 is 45.7 Å². The van der Waals surface area contributed by atoms with Crippen LogP contribution in [0, 0.1) is 0 Å². The van der Waals surface area contributed by atoms with E-state index >= 15 is 0 Å². The summed E-state index contributed by atoms with van der Waals surface area (Å²) in [5.41, 5.74) is 1.61. The third kappa shape index (κ3) is 5.60. The predicted molar refractivity (Wildman–Crippen MR) is 118 cm³/mol. The number of hydrogen-bond donors (Lipinski definition) is 2. The summed E-state index contributed by atoms with van der Waals surface area (Å²) in [6, 6.07) is 21.5. The maximum absolute atomic E-state index is 12.4. The van der Waals surface area contributed by atoms with Crippen LogP contribution in [0.25, 0.3) is 10.8 Å². The molecule has 144 valence electrons. The number of carbonyl (C=O) groups is 2. The summed E-state index contributed by atoms with van der Waals surface area (Å²) in [6.07, 6.45) is 2.44. The van der Waals surface area contributed by atoms with E-state index < -0.39 is 0 Å². The van der Waals surface area contributed by atoms with Gasteiger partial charge >= 0.3 is 0 Å². The Labute approximate surface area is 169 Å². The first kappa shape index (κ1) is 20.0. The average molecular weight is 393 g/mol. The van der Waals surface area contributed by atoms with Gasteiger partial charge in [-0.05, 0) is 42.1 Å². The van der Waals surface area contributed by atoms with Crippen LogP contribution in [0.5, 0.6) is 0 Å². The summed E-state index contributed by atoms with van der Waals surface area (Å²) in [5.74, 6) is 0.320. The van der Waals surface area contributed by atoms with E-state index in [0.717, 1.165) is 39.9 Å². The SMILES string of the molecule is CCCCC(=O)Nc1ccc(SCC(=O)Nc2cccc3ccccc23)cc1. The lowest BCUT2D eigenvalue weighted by Crippen LogP contribution is -2.14. The van der Waals surface area contributed by atoms with Crippen LogP contribution in [0.15, 0.2) is 71.6 Å². The Kier molecular flexibility index (Phi) is 7.09. The zero-order valence-corrected chi connectivity index (χ0v) is 16.7. The Morgan fingerprint density at radius 1 is 0.857 bits per heavy atom. The molecule has 0 aliphatic heterocycles. The van der Waals surface area contributed by atoms with Crippen LogP contribution in [-0.2, 0) is 9.59 Å². The number of thioether (sulfide) groups is 1. The van der Waals surface area contributed by atoms with Crippen molar-refractivity contribution < 1.29 is 9.59 Å². The molecular weight excluding hydrogens is 368 g/mol. The van der Waals surface area contributed by atoms with Crippen LogP contribution in [-0.4, -0.2) is 17.6 Å². The molecule has 2 amide bonds. The number of carbonyl (C=O) groups excluding carboxylic acids is 2. The lowest BCUT2D eigenvalue weighted by atomic mass is 10.1. The largest absolute Gasteiger partial charge is 0.326 e. The molecule has 0 unspecified atom stereocenters. The molecule has 0 fully saturated rings. The van der Waals surface area contributed by atoms with Gasteiger partial charge in [0.2, 0.25) is 11.8 Å². The lowest BCUT2D eigenvalue weighted by molar-refractivity contribution is -0.116. The standard InChI is InChI=1S/C23H24N2O2S/c1-2-3-11-22(26)24-18-12-14-19(15-13-18)28-16-23(27)25-21-10-6-8-17-7-4-5-9-20(17)21/h4-10,12-15H,2-3,11,16H2,1H3,(H,24,26)(H,25,27). The van der Waals surface area contributed by atoms with Gasteiger partial charge in [-0.25, -0.2) is 0 Å². The highest BCUT2D eigenvalue weighted by molar-refractivity contribution is 8.00. The van der Waals surface area contributed by atoms with Gasteiger partial charge in [0.1, 0.15) is 0 Å². The smallest absolute Gasteiger partial charge is 0.234 e. The molecule has 0 saturated heterocycles. The summed E-state index contributed by atoms with van der Waals surface area (Å²) in [4.78, 5) is 25.1. The summed E-state index contributed by atoms with van der Waals surface area (Å²) >= 11 is 1.47. The Morgan fingerprint density at radius 3 is 2.39 bits per heavy atom. The van der Waals surface area contributed by atoms with Gasteiger partial charge in [-0.2, -0.15) is 0 Å². The van der Waals surface area contributed by atoms with Gasteiger partial charge in [0, 0.05) is 28.1 Å². The van der Waals surface area contributed by atoms with Gasteiger partial charge in [0.15, 0.2) is 0 Å². The molecule has 0 aromatic heterocycles. The molecular formula is C23H24N2O2S. The van der Waals surface area contributed by atoms with E-state index in [0.29, 0.717) is 12.2 Å². The summed E-state index contributed by atoms with van der Waals surface area (Å²) in [5, 5.41) is 8.02. The minimum absolute atomic E-state index is 0.0386. The summed E-state index contributed by atoms with van der Waals surface area (Å²) < 4.78 is 0. The van der Waals surface area contributed by atoms with Crippen molar-refractivity contribution in [1.82, 2.24) is 0 Å². The number of benzene rings is 3. The van der Waals surface area contributed by atoms with Gasteiger partial charge in [-0.3, -0.25) is 9.59 Å². The molecule has 0 atom stereocenters. The van der Waals surface area contributed by atoms with Crippen molar-refractivity contribution in [3.63, 3.8) is 0 Å². The van der Waals surface area contributed by atoms with Gasteiger partial charge in [0.25, 0.3) is 0 Å². The van der Waals surface area contributed by atoms with Crippen molar-refractivity contribution in [3.8, 4) is 0 Å². The van der Waals surface area contributed by atoms with E-state index in [-0.39, 0.29) is 11.8 Å². The Hall–Kier alpha value is -2.79. The van der Waals surface area contributed by atoms with E-state index in [9.17, 15) is 9.59 Å². The molecule has 0 saturated carbocycles. The third-order valence-corrected chi connectivity index (χ3v) is 5.34. The molecule has 28 heavy (non-hydrogen) atoms. The fourth-order valence-corrected chi connectivity index (χ4v) is 3.56. The van der Waals surface area contributed by atoms with Crippen LogP contribution in [0.2, 0.25) is 0 Å². The third-order valence-electron chi connectivity index (χ3n) is 4.33. The Balaban J connectivity index is 1.52. The van der Waals surface area contributed by atoms with Crippen molar-refractivity contribution in [2.75, 3.05) is 16.4 Å². The van der Waals surface area contributed by atoms with Crippen LogP contribution >= 0.6 is 11.8 Å². The van der Waals surface area contributed by atoms with E-state index in [4.69, 9.17) is 0 Å². The van der Waals surface area contributed by atoms with Crippen molar-refractivity contribution in [2.45, 2.75) is 31.1 Å². The summed E-state index contributed by atoms with van der Waals surface area (Å²) in [6.45, 7) is 2.07. The normalized spacial score (nSPS) is 10.6. The zero-order valence-electron chi connectivity index (χ0n) is 15.9. The Morgan fingerprint density at radius 2 is 1.61 bits per heavy atom. The lowest BCUT2D eigenvalue weighted by Gasteiger charge is -2.09. The monoisotopic (exact) mass is 392 g/mol. The number of rotatable bonds is 8. The highest BCUT2D eigenvalue weighted by atomic mass is 32.2. The highest BCUT2D eigenvalue weighted by Crippen LogP contribution is 2.24. The van der Waals surface area contributed by atoms with E-state index in [1.807, 2.05) is 66.7 Å². The number of hydrogen-bond acceptors (Lipinski definition) is 3. The van der Waals surface area contributed by atoms with Crippen molar-refractivity contribution in [2.24, 2.45) is 0 Å². The first-order chi connectivity index (χ1) is 13.7. The second kappa shape index (κ2) is 9.95. The number of nitrogens with one attached hydrogen (secondary N) is 2. The molecule has 3 rings (SSSR count). The Bertz CT molecular complexity index is 949. The van der Waals surface area contributed by atoms with Crippen LogP contribution in [0.4, 0.5) is 11.4 Å². The van der Waals surface area contributed by atoms with Crippen molar-refractivity contribution in [1.29, 1.82) is 0 Å². The van der Waals surface area contributed by atoms with Crippen LogP contribution in [0.3, 0.4) is 0 Å². The van der Waals surface area contributed by atoms with Gasteiger partial charge < -0.3 is 10.6 Å². The quantitative estimate of drug-likeness (QED) is 0.484. The number of anilines is 2. The zero-order chi connectivity index (χ0) is 19.8. The molecule has 0 aliphatic carbocycles. The fraction of sp³-hybridized carbons (Fsp3) is 0.217. The van der Waals surface area contributed by atoms with Gasteiger partial charge in [-0.15, -0.1) is 11.8 Å². The number of fused-ring (bicyclic) bond motifs is 1. The average Bonchev–Trinajstić information content (AvgIpc) is 2.72. The molecule has 0 aliphatic rings. The number of amides is 2. The second-order valence-corrected chi connectivity index (χ2v) is 7.59. The van der Waals surface area contributed by atoms with E-state index in [2.05, 4.69) is 17.6 Å². The summed E-state index contributed by atoms with van der Waals surface area (Å²) in [7, 11) is 0. The topological polar surface area (TPSA) is 58.2 Å². The molecule has 2 N–H and O–H groups in total. The predicted octanol–water partition coefficient (Wildman–Crippen LogP) is 5.70. The molecule has 0 spiro atoms. The van der Waals surface area contributed by atoms with E-state index in [1.54, 1.807) is 0 Å². The van der Waals surface area contributed by atoms with Crippen LogP contribution < -0.4 is 10.6 Å². The number of unbranched alkanes of at least 4 members (excludes halogenated alkanes) is 1. The van der Waals surface area contributed by atoms with E-state index in [1.165, 1.54) is 11.8 Å². The fourth-order valence-electron chi connectivity index (χ4n) is 2.86. The molecule has 4 nitrogen and oxygen atoms in total. The maximum Gasteiger partial charge on any atom is 0.234 e. The molecule has 0 bridgehead atoms. The van der Waals surface area contributed by atoms with Gasteiger partial charge in [0.05, 0.1) is 5.75 Å². The van der Waals surface area contributed by atoms with Crippen LogP contribution in [0.1, 0.15) is 26.2 Å². The van der Waals surface area contributed by atoms with Crippen molar-refractivity contribution in [3.05, 3.63) is 66.7 Å².